The normalized spacial score (nSPS) is 14.4. The molecule has 1 fully saturated rings. The van der Waals surface area contributed by atoms with Gasteiger partial charge >= 0.3 is 0 Å². The van der Waals surface area contributed by atoms with Crippen molar-refractivity contribution in [3.05, 3.63) is 60.7 Å². The molecular formula is C22H23N3OS. The van der Waals surface area contributed by atoms with E-state index in [9.17, 15) is 4.79 Å². The van der Waals surface area contributed by atoms with Crippen molar-refractivity contribution in [3.63, 3.8) is 0 Å². The summed E-state index contributed by atoms with van der Waals surface area (Å²) in [5.41, 5.74) is 4.06. The molecule has 0 unspecified atom stereocenters. The molecule has 0 radical (unpaired) electrons. The highest BCUT2D eigenvalue weighted by molar-refractivity contribution is 7.99. The third kappa shape index (κ3) is 4.42. The molecule has 1 aliphatic carbocycles. The van der Waals surface area contributed by atoms with Gasteiger partial charge in [0.25, 0.3) is 0 Å². The van der Waals surface area contributed by atoms with Gasteiger partial charge < -0.3 is 10.3 Å². The summed E-state index contributed by atoms with van der Waals surface area (Å²) < 4.78 is 0. The number of nitrogens with zero attached hydrogens (tertiary/aromatic N) is 1. The van der Waals surface area contributed by atoms with Gasteiger partial charge in [-0.05, 0) is 12.8 Å². The van der Waals surface area contributed by atoms with Gasteiger partial charge in [-0.1, -0.05) is 85.3 Å². The molecule has 0 aliphatic heterocycles. The molecule has 1 amide bonds. The molecule has 1 saturated carbocycles. The van der Waals surface area contributed by atoms with E-state index in [4.69, 9.17) is 4.98 Å². The fourth-order valence-corrected chi connectivity index (χ4v) is 4.19. The van der Waals surface area contributed by atoms with Gasteiger partial charge in [0.1, 0.15) is 0 Å². The molecule has 1 aliphatic rings. The Morgan fingerprint density at radius 2 is 1.63 bits per heavy atom. The average molecular weight is 378 g/mol. The summed E-state index contributed by atoms with van der Waals surface area (Å²) in [6.45, 7) is 0. The van der Waals surface area contributed by atoms with Crippen molar-refractivity contribution in [2.45, 2.75) is 36.9 Å². The van der Waals surface area contributed by atoms with E-state index < -0.39 is 0 Å². The highest BCUT2D eigenvalue weighted by Crippen LogP contribution is 2.32. The highest BCUT2D eigenvalue weighted by Gasteiger charge is 2.18. The van der Waals surface area contributed by atoms with E-state index in [1.807, 2.05) is 36.4 Å². The van der Waals surface area contributed by atoms with E-state index in [-0.39, 0.29) is 5.91 Å². The summed E-state index contributed by atoms with van der Waals surface area (Å²) in [4.78, 5) is 20.4. The van der Waals surface area contributed by atoms with Crippen molar-refractivity contribution < 1.29 is 4.79 Å². The molecule has 0 spiro atoms. The van der Waals surface area contributed by atoms with Crippen LogP contribution in [0.5, 0.6) is 0 Å². The van der Waals surface area contributed by atoms with Gasteiger partial charge in [-0.3, -0.25) is 4.79 Å². The minimum atomic E-state index is 0.0887. The van der Waals surface area contributed by atoms with Crippen molar-refractivity contribution in [1.29, 1.82) is 0 Å². The molecule has 0 atom stereocenters. The maximum absolute atomic E-state index is 12.2. The summed E-state index contributed by atoms with van der Waals surface area (Å²) in [6, 6.07) is 20.7. The smallest absolute Gasteiger partial charge is 0.230 e. The largest absolute Gasteiger partial charge is 0.353 e. The summed E-state index contributed by atoms with van der Waals surface area (Å²) in [6.07, 6.45) is 4.65. The van der Waals surface area contributed by atoms with E-state index in [1.54, 1.807) is 0 Å². The first kappa shape index (κ1) is 17.9. The molecule has 2 aromatic carbocycles. The van der Waals surface area contributed by atoms with Crippen LogP contribution in [0.4, 0.5) is 0 Å². The molecule has 4 rings (SSSR count). The summed E-state index contributed by atoms with van der Waals surface area (Å²) in [7, 11) is 0. The second kappa shape index (κ2) is 8.44. The van der Waals surface area contributed by atoms with E-state index in [1.165, 1.54) is 24.6 Å². The first-order valence-corrected chi connectivity index (χ1v) is 10.4. The molecule has 4 nitrogen and oxygen atoms in total. The third-order valence-corrected chi connectivity index (χ3v) is 5.73. The van der Waals surface area contributed by atoms with Crippen LogP contribution in [0.3, 0.4) is 0 Å². The number of carbonyl (C=O) groups excluding carboxylic acids is 1. The molecule has 1 aromatic heterocycles. The quantitative estimate of drug-likeness (QED) is 0.601. The Kier molecular flexibility index (Phi) is 5.58. The second-order valence-corrected chi connectivity index (χ2v) is 7.80. The minimum Gasteiger partial charge on any atom is -0.353 e. The van der Waals surface area contributed by atoms with Gasteiger partial charge in [-0.15, -0.1) is 0 Å². The molecule has 5 heteroatoms. The van der Waals surface area contributed by atoms with E-state index in [0.717, 1.165) is 40.5 Å². The lowest BCUT2D eigenvalue weighted by Gasteiger charge is -2.10. The lowest BCUT2D eigenvalue weighted by Crippen LogP contribution is -2.33. The van der Waals surface area contributed by atoms with E-state index in [2.05, 4.69) is 34.6 Å². The fraction of sp³-hybridized carbons (Fsp3) is 0.273. The van der Waals surface area contributed by atoms with Gasteiger partial charge in [-0.25, -0.2) is 4.98 Å². The zero-order valence-corrected chi connectivity index (χ0v) is 16.0. The SMILES string of the molecule is O=C(CSc1nc(-c2ccccc2)c(-c2ccccc2)[nH]1)NC1CCCC1. The number of hydrogen-bond donors (Lipinski definition) is 2. The zero-order valence-electron chi connectivity index (χ0n) is 15.2. The Labute approximate surface area is 163 Å². The van der Waals surface area contributed by atoms with Crippen molar-refractivity contribution in [2.75, 3.05) is 5.75 Å². The van der Waals surface area contributed by atoms with Crippen LogP contribution in [0.25, 0.3) is 22.5 Å². The monoisotopic (exact) mass is 377 g/mol. The average Bonchev–Trinajstić information content (AvgIpc) is 3.38. The van der Waals surface area contributed by atoms with Crippen molar-refractivity contribution in [2.24, 2.45) is 0 Å². The summed E-state index contributed by atoms with van der Waals surface area (Å²) >= 11 is 1.46. The number of benzene rings is 2. The molecule has 0 saturated heterocycles. The molecule has 27 heavy (non-hydrogen) atoms. The number of rotatable bonds is 6. The molecule has 1 heterocycles. The van der Waals surface area contributed by atoms with Crippen LogP contribution in [-0.2, 0) is 4.79 Å². The Hall–Kier alpha value is -2.53. The van der Waals surface area contributed by atoms with E-state index in [0.29, 0.717) is 11.8 Å². The number of carbonyl (C=O) groups is 1. The standard InChI is InChI=1S/C22H23N3OS/c26-19(23-18-13-7-8-14-18)15-27-22-24-20(16-9-3-1-4-10-16)21(25-22)17-11-5-2-6-12-17/h1-6,9-12,18H,7-8,13-15H2,(H,23,26)(H,24,25). The van der Waals surface area contributed by atoms with Crippen LogP contribution < -0.4 is 5.32 Å². The first-order chi connectivity index (χ1) is 13.3. The lowest BCUT2D eigenvalue weighted by molar-refractivity contribution is -0.119. The van der Waals surface area contributed by atoms with Crippen molar-refractivity contribution >= 4 is 17.7 Å². The van der Waals surface area contributed by atoms with Crippen molar-refractivity contribution in [3.8, 4) is 22.5 Å². The topological polar surface area (TPSA) is 57.8 Å². The Bertz CT molecular complexity index is 829. The van der Waals surface area contributed by atoms with Gasteiger partial charge in [0.2, 0.25) is 5.91 Å². The highest BCUT2D eigenvalue weighted by atomic mass is 32.2. The fourth-order valence-electron chi connectivity index (χ4n) is 3.51. The molecule has 3 aromatic rings. The number of thioether (sulfide) groups is 1. The zero-order chi connectivity index (χ0) is 18.5. The molecular weight excluding hydrogens is 354 g/mol. The van der Waals surface area contributed by atoms with Crippen LogP contribution in [0.15, 0.2) is 65.8 Å². The van der Waals surface area contributed by atoms with Gasteiger partial charge in [0.05, 0.1) is 17.1 Å². The number of H-pyrrole nitrogens is 1. The number of aromatic amines is 1. The van der Waals surface area contributed by atoms with Crippen LogP contribution >= 0.6 is 11.8 Å². The predicted molar refractivity (Wildman–Crippen MR) is 111 cm³/mol. The predicted octanol–water partition coefficient (Wildman–Crippen LogP) is 4.89. The summed E-state index contributed by atoms with van der Waals surface area (Å²) in [5.74, 6) is 0.470. The molecule has 0 bridgehead atoms. The number of imidazole rings is 1. The van der Waals surface area contributed by atoms with Gasteiger partial charge in [0, 0.05) is 17.2 Å². The van der Waals surface area contributed by atoms with Gasteiger partial charge in [0.15, 0.2) is 5.16 Å². The third-order valence-electron chi connectivity index (χ3n) is 4.85. The van der Waals surface area contributed by atoms with Gasteiger partial charge in [-0.2, -0.15) is 0 Å². The Balaban J connectivity index is 1.53. The summed E-state index contributed by atoms with van der Waals surface area (Å²) in [5, 5.41) is 3.90. The number of aromatic nitrogens is 2. The maximum atomic E-state index is 12.2. The Morgan fingerprint density at radius 3 is 2.30 bits per heavy atom. The van der Waals surface area contributed by atoms with Crippen molar-refractivity contribution in [1.82, 2.24) is 15.3 Å². The number of nitrogens with one attached hydrogen (secondary N) is 2. The second-order valence-electron chi connectivity index (χ2n) is 6.84. The maximum Gasteiger partial charge on any atom is 0.230 e. The Morgan fingerprint density at radius 1 is 1.00 bits per heavy atom. The minimum absolute atomic E-state index is 0.0887. The lowest BCUT2D eigenvalue weighted by atomic mass is 10.1. The van der Waals surface area contributed by atoms with Crippen LogP contribution in [0.1, 0.15) is 25.7 Å². The number of hydrogen-bond acceptors (Lipinski definition) is 3. The van der Waals surface area contributed by atoms with Crippen LogP contribution in [0.2, 0.25) is 0 Å². The van der Waals surface area contributed by atoms with Crippen LogP contribution in [-0.4, -0.2) is 27.7 Å². The van der Waals surface area contributed by atoms with Crippen LogP contribution in [0, 0.1) is 0 Å². The number of amides is 1. The van der Waals surface area contributed by atoms with E-state index >= 15 is 0 Å². The first-order valence-electron chi connectivity index (χ1n) is 9.42. The molecule has 138 valence electrons. The molecule has 2 N–H and O–H groups in total.